The minimum atomic E-state index is -0.304. The number of nitrogens with two attached hydrogens (primary N) is 1. The molecule has 2 aliphatic rings. The number of likely N-dealkylation sites (N-methyl/N-ethyl adjacent to an activating group) is 1. The van der Waals surface area contributed by atoms with Gasteiger partial charge in [-0.2, -0.15) is 0 Å². The Hall–Kier alpha value is -1.10. The molecule has 3 atom stereocenters. The van der Waals surface area contributed by atoms with Gasteiger partial charge in [-0.15, -0.1) is 12.4 Å². The van der Waals surface area contributed by atoms with E-state index in [4.69, 9.17) is 10.5 Å². The molecule has 1 aromatic carbocycles. The molecule has 1 aliphatic heterocycles. The van der Waals surface area contributed by atoms with Gasteiger partial charge >= 0.3 is 0 Å². The van der Waals surface area contributed by atoms with Crippen molar-refractivity contribution < 1.29 is 9.53 Å². The summed E-state index contributed by atoms with van der Waals surface area (Å²) in [7, 11) is 1.90. The quantitative estimate of drug-likeness (QED) is 0.930. The number of rotatable bonds is 3. The summed E-state index contributed by atoms with van der Waals surface area (Å²) < 4.78 is 5.72. The Balaban J connectivity index is 0.00000161. The highest BCUT2D eigenvalue weighted by Gasteiger charge is 2.36. The number of amides is 1. The molecule has 0 radical (unpaired) electrons. The molecule has 1 saturated heterocycles. The van der Waals surface area contributed by atoms with Gasteiger partial charge in [0.2, 0.25) is 0 Å². The molecule has 2 N–H and O–H groups in total. The van der Waals surface area contributed by atoms with Crippen molar-refractivity contribution in [3.05, 3.63) is 35.4 Å². The Labute approximate surface area is 132 Å². The molecule has 1 aromatic rings. The summed E-state index contributed by atoms with van der Waals surface area (Å²) in [5, 5.41) is 0. The van der Waals surface area contributed by atoms with Crippen LogP contribution in [0.15, 0.2) is 24.3 Å². The Morgan fingerprint density at radius 3 is 2.81 bits per heavy atom. The van der Waals surface area contributed by atoms with Gasteiger partial charge in [0.1, 0.15) is 6.10 Å². The molecular formula is C16H23ClN2O2. The molecule has 0 saturated carbocycles. The van der Waals surface area contributed by atoms with E-state index in [1.54, 1.807) is 0 Å². The van der Waals surface area contributed by atoms with E-state index < -0.39 is 0 Å². The number of hydrogen-bond donors (Lipinski definition) is 1. The van der Waals surface area contributed by atoms with Crippen LogP contribution < -0.4 is 5.73 Å². The maximum atomic E-state index is 12.6. The van der Waals surface area contributed by atoms with Gasteiger partial charge in [-0.05, 0) is 36.8 Å². The molecule has 1 amide bonds. The second-order valence-electron chi connectivity index (χ2n) is 5.76. The first-order valence-corrected chi connectivity index (χ1v) is 7.40. The zero-order valence-corrected chi connectivity index (χ0v) is 13.1. The van der Waals surface area contributed by atoms with E-state index in [2.05, 4.69) is 18.2 Å². The summed E-state index contributed by atoms with van der Waals surface area (Å²) in [6.07, 6.45) is 3.49. The number of carbonyl (C=O) groups is 1. The highest BCUT2D eigenvalue weighted by atomic mass is 35.5. The molecular weight excluding hydrogens is 288 g/mol. The van der Waals surface area contributed by atoms with Crippen LogP contribution in [-0.4, -0.2) is 36.6 Å². The highest BCUT2D eigenvalue weighted by molar-refractivity contribution is 5.85. The third-order valence-corrected chi connectivity index (χ3v) is 4.56. The predicted octanol–water partition coefficient (Wildman–Crippen LogP) is 2.06. The number of nitrogens with zero attached hydrogens (tertiary/aromatic N) is 1. The van der Waals surface area contributed by atoms with E-state index in [1.807, 2.05) is 18.0 Å². The number of carbonyl (C=O) groups excluding carboxylic acids is 1. The molecule has 4 nitrogen and oxygen atoms in total. The Morgan fingerprint density at radius 1 is 1.33 bits per heavy atom. The molecule has 0 aromatic heterocycles. The van der Waals surface area contributed by atoms with E-state index in [1.165, 1.54) is 11.1 Å². The summed E-state index contributed by atoms with van der Waals surface area (Å²) in [5.74, 6) is 0.0997. The Kier molecular flexibility index (Phi) is 5.25. The molecule has 3 rings (SSSR count). The standard InChI is InChI=1S/C16H22N2O2.ClH/c1-18(16(19)15-9-7-12(10-17)20-15)14-8-6-11-4-2-3-5-13(11)14;/h2-5,12,14-15H,6-10,17H2,1H3;1H/t12-,14?,15+;/m1./s1. The normalized spacial score (nSPS) is 27.0. The van der Waals surface area contributed by atoms with E-state index in [0.29, 0.717) is 6.54 Å². The molecule has 1 heterocycles. The molecule has 116 valence electrons. The average Bonchev–Trinajstić information content (AvgIpc) is 3.12. The first-order chi connectivity index (χ1) is 9.70. The van der Waals surface area contributed by atoms with Crippen LogP contribution in [0.2, 0.25) is 0 Å². The maximum absolute atomic E-state index is 12.6. The van der Waals surface area contributed by atoms with Gasteiger partial charge in [0.05, 0.1) is 12.1 Å². The van der Waals surface area contributed by atoms with Crippen LogP contribution in [0.1, 0.15) is 36.4 Å². The number of hydrogen-bond acceptors (Lipinski definition) is 3. The van der Waals surface area contributed by atoms with Crippen molar-refractivity contribution in [2.75, 3.05) is 13.6 Å². The van der Waals surface area contributed by atoms with Crippen LogP contribution in [0.4, 0.5) is 0 Å². The van der Waals surface area contributed by atoms with Crippen LogP contribution in [-0.2, 0) is 16.0 Å². The second kappa shape index (κ2) is 6.77. The van der Waals surface area contributed by atoms with Gasteiger partial charge in [0.25, 0.3) is 5.91 Å². The van der Waals surface area contributed by atoms with Crippen molar-refractivity contribution in [2.24, 2.45) is 5.73 Å². The smallest absolute Gasteiger partial charge is 0.251 e. The number of benzene rings is 1. The first kappa shape index (κ1) is 16.3. The van der Waals surface area contributed by atoms with Crippen molar-refractivity contribution in [3.63, 3.8) is 0 Å². The number of aryl methyl sites for hydroxylation is 1. The largest absolute Gasteiger partial charge is 0.364 e. The van der Waals surface area contributed by atoms with Crippen molar-refractivity contribution in [2.45, 2.75) is 43.9 Å². The lowest BCUT2D eigenvalue weighted by Gasteiger charge is -2.28. The lowest BCUT2D eigenvalue weighted by Crippen LogP contribution is -2.38. The summed E-state index contributed by atoms with van der Waals surface area (Å²) in [6, 6.07) is 8.60. The van der Waals surface area contributed by atoms with Crippen LogP contribution in [0.5, 0.6) is 0 Å². The molecule has 0 bridgehead atoms. The number of ether oxygens (including phenoxy) is 1. The highest BCUT2D eigenvalue weighted by Crippen LogP contribution is 2.36. The summed E-state index contributed by atoms with van der Waals surface area (Å²) in [6.45, 7) is 0.500. The fourth-order valence-corrected chi connectivity index (χ4v) is 3.38. The molecule has 5 heteroatoms. The lowest BCUT2D eigenvalue weighted by atomic mass is 10.1. The van der Waals surface area contributed by atoms with Crippen molar-refractivity contribution >= 4 is 18.3 Å². The fraction of sp³-hybridized carbons (Fsp3) is 0.562. The van der Waals surface area contributed by atoms with Crippen LogP contribution in [0.25, 0.3) is 0 Å². The van der Waals surface area contributed by atoms with Gasteiger partial charge in [0, 0.05) is 13.6 Å². The second-order valence-corrected chi connectivity index (χ2v) is 5.76. The van der Waals surface area contributed by atoms with E-state index >= 15 is 0 Å². The molecule has 1 fully saturated rings. The van der Waals surface area contributed by atoms with E-state index in [9.17, 15) is 4.79 Å². The molecule has 1 aliphatic carbocycles. The Morgan fingerprint density at radius 2 is 2.10 bits per heavy atom. The first-order valence-electron chi connectivity index (χ1n) is 7.40. The van der Waals surface area contributed by atoms with E-state index in [0.717, 1.165) is 25.7 Å². The van der Waals surface area contributed by atoms with Gasteiger partial charge in [-0.25, -0.2) is 0 Å². The van der Waals surface area contributed by atoms with Gasteiger partial charge in [-0.3, -0.25) is 4.79 Å². The summed E-state index contributed by atoms with van der Waals surface area (Å²) in [5.41, 5.74) is 8.26. The predicted molar refractivity (Wildman–Crippen MR) is 84.5 cm³/mol. The zero-order chi connectivity index (χ0) is 14.1. The molecule has 21 heavy (non-hydrogen) atoms. The average molecular weight is 311 g/mol. The zero-order valence-electron chi connectivity index (χ0n) is 12.3. The van der Waals surface area contributed by atoms with Crippen molar-refractivity contribution in [1.29, 1.82) is 0 Å². The summed E-state index contributed by atoms with van der Waals surface area (Å²) in [4.78, 5) is 14.4. The van der Waals surface area contributed by atoms with Gasteiger partial charge in [-0.1, -0.05) is 24.3 Å². The van der Waals surface area contributed by atoms with Crippen molar-refractivity contribution in [1.82, 2.24) is 4.90 Å². The summed E-state index contributed by atoms with van der Waals surface area (Å²) >= 11 is 0. The minimum absolute atomic E-state index is 0. The monoisotopic (exact) mass is 310 g/mol. The van der Waals surface area contributed by atoms with Crippen molar-refractivity contribution in [3.8, 4) is 0 Å². The minimum Gasteiger partial charge on any atom is -0.364 e. The number of fused-ring (bicyclic) bond motifs is 1. The molecule has 0 spiro atoms. The van der Waals surface area contributed by atoms with Gasteiger partial charge < -0.3 is 15.4 Å². The van der Waals surface area contributed by atoms with E-state index in [-0.39, 0.29) is 36.6 Å². The van der Waals surface area contributed by atoms with Gasteiger partial charge in [0.15, 0.2) is 0 Å². The number of halogens is 1. The lowest BCUT2D eigenvalue weighted by molar-refractivity contribution is -0.143. The van der Waals surface area contributed by atoms with Crippen LogP contribution in [0, 0.1) is 0 Å². The third kappa shape index (κ3) is 3.07. The van der Waals surface area contributed by atoms with Crippen LogP contribution >= 0.6 is 12.4 Å². The Bertz CT molecular complexity index is 509. The molecule has 1 unspecified atom stereocenters. The van der Waals surface area contributed by atoms with Crippen LogP contribution in [0.3, 0.4) is 0 Å². The maximum Gasteiger partial charge on any atom is 0.251 e. The SMILES string of the molecule is CN(C(=O)[C@@H]1CC[C@H](CN)O1)C1CCc2ccccc21.Cl. The topological polar surface area (TPSA) is 55.6 Å². The third-order valence-electron chi connectivity index (χ3n) is 4.56. The fourth-order valence-electron chi connectivity index (χ4n) is 3.38.